The molecule has 1 aromatic rings. The Balaban J connectivity index is 2.10. The number of aromatic nitrogens is 3. The maximum Gasteiger partial charge on any atom is 0.141 e. The molecule has 0 spiro atoms. The van der Waals surface area contributed by atoms with Crippen molar-refractivity contribution in [1.29, 1.82) is 0 Å². The lowest BCUT2D eigenvalue weighted by atomic mass is 9.94. The van der Waals surface area contributed by atoms with Gasteiger partial charge in [-0.1, -0.05) is 6.92 Å². The molecule has 1 aliphatic heterocycles. The first-order chi connectivity index (χ1) is 8.95. The minimum absolute atomic E-state index is 0.217. The number of hydrogen-bond donors (Lipinski definition) is 1. The summed E-state index contributed by atoms with van der Waals surface area (Å²) in [5.41, 5.74) is 0.217. The lowest BCUT2D eigenvalue weighted by molar-refractivity contribution is 0.0825. The smallest absolute Gasteiger partial charge is 0.141 e. The highest BCUT2D eigenvalue weighted by atomic mass is 15.4. The fourth-order valence-corrected chi connectivity index (χ4v) is 2.63. The quantitative estimate of drug-likeness (QED) is 0.902. The molecule has 1 aliphatic rings. The van der Waals surface area contributed by atoms with Crippen molar-refractivity contribution in [3.8, 4) is 0 Å². The van der Waals surface area contributed by atoms with E-state index in [0.29, 0.717) is 12.1 Å². The van der Waals surface area contributed by atoms with Crippen LogP contribution in [0.3, 0.4) is 0 Å². The van der Waals surface area contributed by atoms with E-state index in [4.69, 9.17) is 0 Å². The molecule has 2 unspecified atom stereocenters. The Morgan fingerprint density at radius 3 is 2.89 bits per heavy atom. The Bertz CT molecular complexity index is 414. The van der Waals surface area contributed by atoms with Crippen molar-refractivity contribution in [3.05, 3.63) is 12.2 Å². The lowest BCUT2D eigenvalue weighted by Gasteiger charge is -2.44. The average molecular weight is 265 g/mol. The van der Waals surface area contributed by atoms with E-state index in [1.165, 1.54) is 0 Å². The molecule has 1 N–H and O–H groups in total. The fourth-order valence-electron chi connectivity index (χ4n) is 2.63. The van der Waals surface area contributed by atoms with E-state index in [0.717, 1.165) is 31.9 Å². The van der Waals surface area contributed by atoms with Crippen LogP contribution in [-0.2, 0) is 6.54 Å². The zero-order valence-corrected chi connectivity index (χ0v) is 12.8. The van der Waals surface area contributed by atoms with Crippen LogP contribution < -0.4 is 5.32 Å². The molecule has 1 saturated heterocycles. The maximum absolute atomic E-state index is 4.43. The van der Waals surface area contributed by atoms with Crippen LogP contribution in [0.5, 0.6) is 0 Å². The van der Waals surface area contributed by atoms with Gasteiger partial charge >= 0.3 is 0 Å². The summed E-state index contributed by atoms with van der Waals surface area (Å²) < 4.78 is 2.03. The van der Waals surface area contributed by atoms with Crippen LogP contribution in [0.1, 0.15) is 52.9 Å². The van der Waals surface area contributed by atoms with Gasteiger partial charge in [-0.3, -0.25) is 4.90 Å². The highest BCUT2D eigenvalue weighted by molar-refractivity contribution is 4.96. The molecule has 0 radical (unpaired) electrons. The molecule has 1 fully saturated rings. The molecule has 108 valence electrons. The Morgan fingerprint density at radius 1 is 1.53 bits per heavy atom. The lowest BCUT2D eigenvalue weighted by Crippen LogP contribution is -2.61. The second-order valence-electron chi connectivity index (χ2n) is 6.26. The summed E-state index contributed by atoms with van der Waals surface area (Å²) >= 11 is 0. The second kappa shape index (κ2) is 5.59. The minimum Gasteiger partial charge on any atom is -0.309 e. The molecule has 1 aromatic heterocycles. The van der Waals surface area contributed by atoms with Crippen molar-refractivity contribution >= 4 is 0 Å². The molecule has 5 heteroatoms. The predicted octanol–water partition coefficient (Wildman–Crippen LogP) is 1.82. The van der Waals surface area contributed by atoms with Crippen molar-refractivity contribution in [1.82, 2.24) is 25.0 Å². The van der Waals surface area contributed by atoms with Gasteiger partial charge < -0.3 is 5.32 Å². The standard InChI is InChI=1S/C14H27N5/c1-6-14(5)9-18(12(4)7-16-14)8-13-15-10-17-19(13)11(2)3/h10-12,16H,6-9H2,1-5H3. The van der Waals surface area contributed by atoms with E-state index in [2.05, 4.69) is 54.9 Å². The third-order valence-electron chi connectivity index (χ3n) is 4.26. The Kier molecular flexibility index (Phi) is 4.26. The van der Waals surface area contributed by atoms with E-state index in [9.17, 15) is 0 Å². The van der Waals surface area contributed by atoms with Gasteiger partial charge in [-0.15, -0.1) is 0 Å². The van der Waals surface area contributed by atoms with Crippen LogP contribution in [0.25, 0.3) is 0 Å². The molecule has 0 bridgehead atoms. The first-order valence-corrected chi connectivity index (χ1v) is 7.32. The van der Waals surface area contributed by atoms with Gasteiger partial charge in [-0.2, -0.15) is 5.10 Å². The Labute approximate surface area is 116 Å². The summed E-state index contributed by atoms with van der Waals surface area (Å²) in [5.74, 6) is 1.07. The number of nitrogens with zero attached hydrogens (tertiary/aromatic N) is 4. The van der Waals surface area contributed by atoms with Crippen LogP contribution in [0, 0.1) is 0 Å². The zero-order chi connectivity index (χ0) is 14.0. The highest BCUT2D eigenvalue weighted by Gasteiger charge is 2.33. The van der Waals surface area contributed by atoms with E-state index in [1.807, 2.05) is 4.68 Å². The van der Waals surface area contributed by atoms with Gasteiger partial charge in [-0.05, 0) is 34.1 Å². The fraction of sp³-hybridized carbons (Fsp3) is 0.857. The van der Waals surface area contributed by atoms with Gasteiger partial charge in [0.25, 0.3) is 0 Å². The van der Waals surface area contributed by atoms with Gasteiger partial charge in [-0.25, -0.2) is 9.67 Å². The topological polar surface area (TPSA) is 46.0 Å². The van der Waals surface area contributed by atoms with Gasteiger partial charge in [0.05, 0.1) is 6.54 Å². The Hall–Kier alpha value is -0.940. The number of nitrogens with one attached hydrogen (secondary N) is 1. The van der Waals surface area contributed by atoms with E-state index in [1.54, 1.807) is 6.33 Å². The van der Waals surface area contributed by atoms with Crippen LogP contribution in [0.4, 0.5) is 0 Å². The minimum atomic E-state index is 0.217. The molecule has 0 amide bonds. The average Bonchev–Trinajstić information content (AvgIpc) is 2.82. The highest BCUT2D eigenvalue weighted by Crippen LogP contribution is 2.20. The molecule has 5 nitrogen and oxygen atoms in total. The van der Waals surface area contributed by atoms with E-state index in [-0.39, 0.29) is 5.54 Å². The summed E-state index contributed by atoms with van der Waals surface area (Å²) in [7, 11) is 0. The van der Waals surface area contributed by atoms with Crippen LogP contribution in [-0.4, -0.2) is 44.3 Å². The predicted molar refractivity (Wildman–Crippen MR) is 77.0 cm³/mol. The molecular formula is C14H27N5. The summed E-state index contributed by atoms with van der Waals surface area (Å²) in [5, 5.41) is 7.98. The van der Waals surface area contributed by atoms with Crippen molar-refractivity contribution in [2.45, 2.75) is 65.2 Å². The SMILES string of the molecule is CCC1(C)CN(Cc2ncnn2C(C)C)C(C)CN1. The van der Waals surface area contributed by atoms with Gasteiger partial charge in [0, 0.05) is 30.7 Å². The van der Waals surface area contributed by atoms with Crippen molar-refractivity contribution < 1.29 is 0 Å². The molecular weight excluding hydrogens is 238 g/mol. The molecule has 2 atom stereocenters. The second-order valence-corrected chi connectivity index (χ2v) is 6.26. The first-order valence-electron chi connectivity index (χ1n) is 7.32. The third-order valence-corrected chi connectivity index (χ3v) is 4.26. The summed E-state index contributed by atoms with van der Waals surface area (Å²) in [6.45, 7) is 14.1. The van der Waals surface area contributed by atoms with Crippen LogP contribution >= 0.6 is 0 Å². The van der Waals surface area contributed by atoms with Crippen molar-refractivity contribution in [3.63, 3.8) is 0 Å². The number of hydrogen-bond acceptors (Lipinski definition) is 4. The van der Waals surface area contributed by atoms with Crippen LogP contribution in [0.15, 0.2) is 6.33 Å². The normalized spacial score (nSPS) is 29.1. The number of piperazine rings is 1. The van der Waals surface area contributed by atoms with E-state index >= 15 is 0 Å². The van der Waals surface area contributed by atoms with Crippen LogP contribution in [0.2, 0.25) is 0 Å². The van der Waals surface area contributed by atoms with Gasteiger partial charge in [0.2, 0.25) is 0 Å². The monoisotopic (exact) mass is 265 g/mol. The van der Waals surface area contributed by atoms with Gasteiger partial charge in [0.1, 0.15) is 12.2 Å². The summed E-state index contributed by atoms with van der Waals surface area (Å²) in [6, 6.07) is 0.908. The molecule has 2 heterocycles. The largest absolute Gasteiger partial charge is 0.309 e. The van der Waals surface area contributed by atoms with Crippen molar-refractivity contribution in [2.24, 2.45) is 0 Å². The molecule has 19 heavy (non-hydrogen) atoms. The van der Waals surface area contributed by atoms with E-state index < -0.39 is 0 Å². The molecule has 0 aliphatic carbocycles. The first kappa shape index (κ1) is 14.5. The summed E-state index contributed by atoms with van der Waals surface area (Å²) in [6.07, 6.45) is 2.81. The van der Waals surface area contributed by atoms with Gasteiger partial charge in [0.15, 0.2) is 0 Å². The zero-order valence-electron chi connectivity index (χ0n) is 12.8. The maximum atomic E-state index is 4.43. The molecule has 0 aromatic carbocycles. The van der Waals surface area contributed by atoms with Crippen molar-refractivity contribution in [2.75, 3.05) is 13.1 Å². The number of rotatable bonds is 4. The molecule has 2 rings (SSSR count). The molecule has 0 saturated carbocycles. The third kappa shape index (κ3) is 3.15. The Morgan fingerprint density at radius 2 is 2.26 bits per heavy atom. The summed E-state index contributed by atoms with van der Waals surface area (Å²) in [4.78, 5) is 6.95.